The number of benzene rings is 1. The monoisotopic (exact) mass is 371 g/mol. The van der Waals surface area contributed by atoms with Crippen molar-refractivity contribution in [2.24, 2.45) is 0 Å². The number of thiophene rings is 1. The van der Waals surface area contributed by atoms with Gasteiger partial charge in [0.2, 0.25) is 0 Å². The second-order valence-electron chi connectivity index (χ2n) is 4.14. The number of carbonyl (C=O) groups is 1. The fourth-order valence-electron chi connectivity index (χ4n) is 1.73. The van der Waals surface area contributed by atoms with Crippen molar-refractivity contribution in [1.29, 1.82) is 0 Å². The largest absolute Gasteiger partial charge is 0.349 e. The highest BCUT2D eigenvalue weighted by atomic mass is 127. The van der Waals surface area contributed by atoms with Gasteiger partial charge in [-0.2, -0.15) is 0 Å². The van der Waals surface area contributed by atoms with E-state index in [0.717, 1.165) is 15.6 Å². The number of nitrogens with one attached hydrogen (secondary N) is 1. The Morgan fingerprint density at radius 1 is 1.33 bits per heavy atom. The second kappa shape index (κ2) is 6.33. The molecule has 0 radical (unpaired) electrons. The van der Waals surface area contributed by atoms with Gasteiger partial charge < -0.3 is 5.32 Å². The van der Waals surface area contributed by atoms with Crippen LogP contribution in [0.4, 0.5) is 0 Å². The highest BCUT2D eigenvalue weighted by Gasteiger charge is 2.12. The first-order valence-corrected chi connectivity index (χ1v) is 7.70. The van der Waals surface area contributed by atoms with Crippen LogP contribution in [0.25, 0.3) is 0 Å². The van der Waals surface area contributed by atoms with E-state index in [4.69, 9.17) is 0 Å². The maximum absolute atomic E-state index is 12.1. The van der Waals surface area contributed by atoms with E-state index in [0.29, 0.717) is 0 Å². The minimum Gasteiger partial charge on any atom is -0.349 e. The van der Waals surface area contributed by atoms with E-state index in [-0.39, 0.29) is 11.9 Å². The van der Waals surface area contributed by atoms with Crippen LogP contribution in [0.3, 0.4) is 0 Å². The predicted octanol–water partition coefficient (Wildman–Crippen LogP) is 3.71. The summed E-state index contributed by atoms with van der Waals surface area (Å²) in [6, 6.07) is 11.9. The van der Waals surface area contributed by atoms with Crippen LogP contribution < -0.4 is 5.32 Å². The van der Waals surface area contributed by atoms with Crippen LogP contribution in [0.2, 0.25) is 0 Å². The number of amides is 1. The smallest absolute Gasteiger partial charge is 0.252 e. The van der Waals surface area contributed by atoms with Crippen molar-refractivity contribution >= 4 is 39.8 Å². The zero-order valence-corrected chi connectivity index (χ0v) is 13.0. The Morgan fingerprint density at radius 3 is 2.78 bits per heavy atom. The Hall–Kier alpha value is -0.880. The van der Waals surface area contributed by atoms with Crippen LogP contribution in [0.5, 0.6) is 0 Å². The van der Waals surface area contributed by atoms with Gasteiger partial charge >= 0.3 is 0 Å². The van der Waals surface area contributed by atoms with Gasteiger partial charge in [0.15, 0.2) is 0 Å². The van der Waals surface area contributed by atoms with Crippen molar-refractivity contribution in [3.05, 3.63) is 55.8 Å². The summed E-state index contributed by atoms with van der Waals surface area (Å²) < 4.78 is 0.982. The summed E-state index contributed by atoms with van der Waals surface area (Å²) in [6.07, 6.45) is 0.882. The van der Waals surface area contributed by atoms with Crippen molar-refractivity contribution in [2.75, 3.05) is 0 Å². The third-order valence-electron chi connectivity index (χ3n) is 2.58. The average Bonchev–Trinajstić information content (AvgIpc) is 2.82. The van der Waals surface area contributed by atoms with E-state index in [2.05, 4.69) is 39.4 Å². The Labute approximate surface area is 125 Å². The molecule has 2 nitrogen and oxygen atoms in total. The molecule has 1 atom stereocenters. The summed E-state index contributed by atoms with van der Waals surface area (Å²) in [6.45, 7) is 2.04. The second-order valence-corrected chi connectivity index (χ2v) is 6.33. The molecule has 0 spiro atoms. The lowest BCUT2D eigenvalue weighted by molar-refractivity contribution is 0.0939. The van der Waals surface area contributed by atoms with Crippen molar-refractivity contribution in [1.82, 2.24) is 5.32 Å². The number of carbonyl (C=O) groups excluding carboxylic acids is 1. The fraction of sp³-hybridized carbons (Fsp3) is 0.214. The minimum absolute atomic E-state index is 0.00376. The molecular formula is C14H14INOS. The van der Waals surface area contributed by atoms with Crippen molar-refractivity contribution < 1.29 is 4.79 Å². The van der Waals surface area contributed by atoms with Crippen LogP contribution in [-0.4, -0.2) is 11.9 Å². The van der Waals surface area contributed by atoms with Crippen molar-refractivity contribution in [3.63, 3.8) is 0 Å². The normalized spacial score (nSPS) is 12.1. The minimum atomic E-state index is 0.00376. The zero-order valence-electron chi connectivity index (χ0n) is 10.0. The van der Waals surface area contributed by atoms with Crippen LogP contribution >= 0.6 is 33.9 Å². The molecule has 1 N–H and O–H groups in total. The van der Waals surface area contributed by atoms with Gasteiger partial charge in [-0.3, -0.25) is 4.79 Å². The molecule has 94 valence electrons. The van der Waals surface area contributed by atoms with E-state index in [9.17, 15) is 4.79 Å². The van der Waals surface area contributed by atoms with Gasteiger partial charge in [-0.25, -0.2) is 0 Å². The molecule has 1 aromatic heterocycles. The molecule has 0 aliphatic rings. The molecule has 1 heterocycles. The molecular weight excluding hydrogens is 357 g/mol. The molecule has 4 heteroatoms. The van der Waals surface area contributed by atoms with Gasteiger partial charge in [0.1, 0.15) is 0 Å². The zero-order chi connectivity index (χ0) is 13.0. The topological polar surface area (TPSA) is 29.1 Å². The standard InChI is InChI=1S/C14H14INOS/c1-10(9-11-5-4-8-18-11)16-14(17)12-6-2-3-7-13(12)15/h2-8,10H,9H2,1H3,(H,16,17). The van der Waals surface area contributed by atoms with E-state index in [1.807, 2.05) is 37.3 Å². The Morgan fingerprint density at radius 2 is 2.11 bits per heavy atom. The van der Waals surface area contributed by atoms with Crippen molar-refractivity contribution in [3.8, 4) is 0 Å². The maximum atomic E-state index is 12.1. The molecule has 0 saturated carbocycles. The van der Waals surface area contributed by atoms with Gasteiger partial charge in [0.05, 0.1) is 5.56 Å². The summed E-state index contributed by atoms with van der Waals surface area (Å²) in [5.41, 5.74) is 0.746. The first-order valence-electron chi connectivity index (χ1n) is 5.74. The molecule has 0 fully saturated rings. The highest BCUT2D eigenvalue weighted by molar-refractivity contribution is 14.1. The predicted molar refractivity (Wildman–Crippen MR) is 84.1 cm³/mol. The average molecular weight is 371 g/mol. The fourth-order valence-corrected chi connectivity index (χ4v) is 3.20. The first-order chi connectivity index (χ1) is 8.66. The van der Waals surface area contributed by atoms with Gasteiger partial charge in [-0.15, -0.1) is 11.3 Å². The highest BCUT2D eigenvalue weighted by Crippen LogP contribution is 2.13. The van der Waals surface area contributed by atoms with Crippen LogP contribution in [0.15, 0.2) is 41.8 Å². The SMILES string of the molecule is CC(Cc1cccs1)NC(=O)c1ccccc1I. The van der Waals surface area contributed by atoms with E-state index >= 15 is 0 Å². The third-order valence-corrected chi connectivity index (χ3v) is 4.42. The molecule has 2 rings (SSSR count). The number of hydrogen-bond acceptors (Lipinski definition) is 2. The third kappa shape index (κ3) is 3.55. The lowest BCUT2D eigenvalue weighted by atomic mass is 10.1. The van der Waals surface area contributed by atoms with Gasteiger partial charge in [0, 0.05) is 20.9 Å². The Balaban J connectivity index is 1.97. The summed E-state index contributed by atoms with van der Waals surface area (Å²) in [5.74, 6) is 0.00376. The molecule has 0 bridgehead atoms. The van der Waals surface area contributed by atoms with E-state index < -0.39 is 0 Å². The number of hydrogen-bond donors (Lipinski definition) is 1. The number of halogens is 1. The molecule has 0 aliphatic heterocycles. The van der Waals surface area contributed by atoms with E-state index in [1.54, 1.807) is 11.3 Å². The van der Waals surface area contributed by atoms with E-state index in [1.165, 1.54) is 4.88 Å². The summed E-state index contributed by atoms with van der Waals surface area (Å²) in [4.78, 5) is 13.4. The lowest BCUT2D eigenvalue weighted by Gasteiger charge is -2.13. The molecule has 1 aromatic carbocycles. The van der Waals surface area contributed by atoms with Gasteiger partial charge in [-0.05, 0) is 53.1 Å². The maximum Gasteiger partial charge on any atom is 0.252 e. The van der Waals surface area contributed by atoms with Crippen molar-refractivity contribution in [2.45, 2.75) is 19.4 Å². The summed E-state index contributed by atoms with van der Waals surface area (Å²) in [5, 5.41) is 5.10. The Kier molecular flexibility index (Phi) is 4.77. The molecule has 0 saturated heterocycles. The first kappa shape index (κ1) is 13.5. The Bertz CT molecular complexity index is 524. The van der Waals surface area contributed by atoms with Crippen LogP contribution in [0, 0.1) is 3.57 Å². The lowest BCUT2D eigenvalue weighted by Crippen LogP contribution is -2.34. The van der Waals surface area contributed by atoms with Gasteiger partial charge in [-0.1, -0.05) is 18.2 Å². The molecule has 0 aliphatic carbocycles. The number of rotatable bonds is 4. The quantitative estimate of drug-likeness (QED) is 0.816. The molecule has 18 heavy (non-hydrogen) atoms. The summed E-state index contributed by atoms with van der Waals surface area (Å²) in [7, 11) is 0. The molecule has 1 amide bonds. The van der Waals surface area contributed by atoms with Gasteiger partial charge in [0.25, 0.3) is 5.91 Å². The molecule has 2 aromatic rings. The van der Waals surface area contributed by atoms with Crippen LogP contribution in [-0.2, 0) is 6.42 Å². The molecule has 1 unspecified atom stereocenters. The summed E-state index contributed by atoms with van der Waals surface area (Å²) >= 11 is 3.91. The van der Waals surface area contributed by atoms with Crippen LogP contribution in [0.1, 0.15) is 22.2 Å².